The molecule has 3 aromatic rings. The van der Waals surface area contributed by atoms with Crippen LogP contribution in [0.15, 0.2) is 36.4 Å². The van der Waals surface area contributed by atoms with E-state index in [4.69, 9.17) is 0 Å². The van der Waals surface area contributed by atoms with E-state index in [0.717, 1.165) is 51.3 Å². The molecule has 1 aromatic heterocycles. The molecule has 1 aliphatic carbocycles. The van der Waals surface area contributed by atoms with Gasteiger partial charge in [-0.3, -0.25) is 4.90 Å². The molecule has 0 spiro atoms. The number of carboxylic acid groups (broad SMARTS) is 1. The minimum Gasteiger partial charge on any atom is -0.478 e. The van der Waals surface area contributed by atoms with Crippen molar-refractivity contribution in [3.63, 3.8) is 0 Å². The molecule has 2 aliphatic heterocycles. The summed E-state index contributed by atoms with van der Waals surface area (Å²) in [6.45, 7) is 14.1. The van der Waals surface area contributed by atoms with Gasteiger partial charge in [0.25, 0.3) is 0 Å². The number of aryl methyl sites for hydroxylation is 1. The van der Waals surface area contributed by atoms with Crippen molar-refractivity contribution in [1.82, 2.24) is 14.4 Å². The molecule has 6 heteroatoms. The molecule has 0 radical (unpaired) electrons. The molecule has 0 amide bonds. The summed E-state index contributed by atoms with van der Waals surface area (Å²) in [7, 11) is 0. The van der Waals surface area contributed by atoms with Crippen LogP contribution in [0.25, 0.3) is 22.2 Å². The van der Waals surface area contributed by atoms with Gasteiger partial charge in [0.1, 0.15) is 0 Å². The van der Waals surface area contributed by atoms with Gasteiger partial charge in [-0.05, 0) is 61.6 Å². The van der Waals surface area contributed by atoms with Crippen molar-refractivity contribution < 1.29 is 9.90 Å². The van der Waals surface area contributed by atoms with Crippen LogP contribution in [0, 0.1) is 6.92 Å². The smallest absolute Gasteiger partial charge is 0.335 e. The van der Waals surface area contributed by atoms with Crippen molar-refractivity contribution in [2.24, 2.45) is 0 Å². The van der Waals surface area contributed by atoms with Crippen molar-refractivity contribution in [2.45, 2.75) is 58.4 Å². The summed E-state index contributed by atoms with van der Waals surface area (Å²) in [5.41, 5.74) is 8.21. The highest BCUT2D eigenvalue weighted by Crippen LogP contribution is 2.47. The molecule has 1 saturated heterocycles. The number of anilines is 1. The molecule has 2 aromatic carbocycles. The van der Waals surface area contributed by atoms with E-state index in [1.54, 1.807) is 6.07 Å². The number of rotatable bonds is 6. The van der Waals surface area contributed by atoms with Crippen LogP contribution in [-0.4, -0.2) is 77.8 Å². The molecular weight excluding hydrogens is 472 g/mol. The number of aromatic nitrogens is 1. The number of benzene rings is 2. The molecule has 0 atom stereocenters. The van der Waals surface area contributed by atoms with Gasteiger partial charge in [0.05, 0.1) is 11.3 Å². The molecule has 0 bridgehead atoms. The van der Waals surface area contributed by atoms with E-state index >= 15 is 0 Å². The summed E-state index contributed by atoms with van der Waals surface area (Å²) < 4.78 is 2.46. The minimum absolute atomic E-state index is 0.379. The molecule has 202 valence electrons. The fraction of sp³-hybridized carbons (Fsp3) is 0.531. The summed E-state index contributed by atoms with van der Waals surface area (Å²) in [6, 6.07) is 12.8. The molecule has 1 N–H and O–H groups in total. The summed E-state index contributed by atoms with van der Waals surface area (Å²) in [4.78, 5) is 19.7. The van der Waals surface area contributed by atoms with Crippen LogP contribution in [0.4, 0.5) is 5.69 Å². The number of hydrogen-bond donors (Lipinski definition) is 1. The van der Waals surface area contributed by atoms with Crippen LogP contribution < -0.4 is 4.90 Å². The molecule has 6 rings (SSSR count). The fourth-order valence-corrected chi connectivity index (χ4v) is 7.10. The Morgan fingerprint density at radius 2 is 1.66 bits per heavy atom. The van der Waals surface area contributed by atoms with Crippen molar-refractivity contribution in [1.29, 1.82) is 0 Å². The Morgan fingerprint density at radius 1 is 0.895 bits per heavy atom. The second-order valence-electron chi connectivity index (χ2n) is 11.6. The topological polar surface area (TPSA) is 52.0 Å². The van der Waals surface area contributed by atoms with Gasteiger partial charge in [-0.15, -0.1) is 0 Å². The average molecular weight is 515 g/mol. The highest BCUT2D eigenvalue weighted by molar-refractivity contribution is 5.99. The first-order chi connectivity index (χ1) is 18.5. The second kappa shape index (κ2) is 10.7. The Hall–Kier alpha value is -2.83. The number of piperazine rings is 1. The zero-order valence-corrected chi connectivity index (χ0v) is 23.1. The SMILES string of the molecule is CCN1CCN(CCN2CCn3c(c(C4CCCCC4)c4ccc(C(=O)O)cc43)-c3ccc(C)cc32)CC1. The van der Waals surface area contributed by atoms with Crippen molar-refractivity contribution in [3.05, 3.63) is 53.1 Å². The van der Waals surface area contributed by atoms with E-state index in [1.165, 1.54) is 78.7 Å². The van der Waals surface area contributed by atoms with E-state index < -0.39 is 5.97 Å². The molecule has 2 fully saturated rings. The monoisotopic (exact) mass is 514 g/mol. The quantitative estimate of drug-likeness (QED) is 0.449. The van der Waals surface area contributed by atoms with Gasteiger partial charge >= 0.3 is 5.97 Å². The predicted molar refractivity (Wildman–Crippen MR) is 156 cm³/mol. The van der Waals surface area contributed by atoms with Crippen LogP contribution in [0.1, 0.15) is 66.4 Å². The van der Waals surface area contributed by atoms with E-state index in [1.807, 2.05) is 6.07 Å². The minimum atomic E-state index is -0.851. The molecular formula is C32H42N4O2. The summed E-state index contributed by atoms with van der Waals surface area (Å²) in [5.74, 6) is -0.315. The number of fused-ring (bicyclic) bond motifs is 5. The zero-order chi connectivity index (χ0) is 26.2. The third kappa shape index (κ3) is 4.73. The van der Waals surface area contributed by atoms with Crippen LogP contribution in [0.2, 0.25) is 0 Å². The van der Waals surface area contributed by atoms with E-state index in [-0.39, 0.29) is 0 Å². The second-order valence-corrected chi connectivity index (χ2v) is 11.6. The van der Waals surface area contributed by atoms with E-state index in [0.29, 0.717) is 11.5 Å². The first kappa shape index (κ1) is 25.4. The van der Waals surface area contributed by atoms with Gasteiger partial charge in [0.15, 0.2) is 0 Å². The summed E-state index contributed by atoms with van der Waals surface area (Å²) in [5, 5.41) is 11.0. The maximum Gasteiger partial charge on any atom is 0.335 e. The number of aromatic carboxylic acids is 1. The van der Waals surface area contributed by atoms with Crippen LogP contribution >= 0.6 is 0 Å². The Labute approximate surface area is 226 Å². The maximum absolute atomic E-state index is 11.9. The third-order valence-corrected chi connectivity index (χ3v) is 9.30. The molecule has 1 saturated carbocycles. The Balaban J connectivity index is 1.42. The number of likely N-dealkylation sites (N-methyl/N-ethyl adjacent to an activating group) is 1. The standard InChI is InChI=1S/C32H42N4O2/c1-3-33-13-15-34(16-14-33)17-18-35-19-20-36-29-22-25(32(37)38)10-12-26(29)30(24-7-5-4-6-8-24)31(36)27-11-9-23(2)21-28(27)35/h9-12,21-22,24H,3-8,13-20H2,1-2H3,(H,37,38). The van der Waals surface area contributed by atoms with Gasteiger partial charge in [0.2, 0.25) is 0 Å². The molecule has 0 unspecified atom stereocenters. The summed E-state index contributed by atoms with van der Waals surface area (Å²) in [6.07, 6.45) is 6.33. The lowest BCUT2D eigenvalue weighted by molar-refractivity contribution is 0.0697. The van der Waals surface area contributed by atoms with E-state index in [2.05, 4.69) is 57.4 Å². The Bertz CT molecular complexity index is 1310. The normalized spacial score (nSPS) is 19.4. The van der Waals surface area contributed by atoms with Crippen LogP contribution in [-0.2, 0) is 6.54 Å². The predicted octanol–water partition coefficient (Wildman–Crippen LogP) is 5.82. The van der Waals surface area contributed by atoms with Crippen molar-refractivity contribution in [3.8, 4) is 11.3 Å². The molecule has 3 aliphatic rings. The first-order valence-electron chi connectivity index (χ1n) is 14.7. The van der Waals surface area contributed by atoms with Crippen molar-refractivity contribution >= 4 is 22.6 Å². The van der Waals surface area contributed by atoms with E-state index in [9.17, 15) is 9.90 Å². The lowest BCUT2D eigenvalue weighted by atomic mass is 9.81. The third-order valence-electron chi connectivity index (χ3n) is 9.30. The number of carboxylic acids is 1. The highest BCUT2D eigenvalue weighted by Gasteiger charge is 2.31. The van der Waals surface area contributed by atoms with Gasteiger partial charge in [-0.2, -0.15) is 0 Å². The molecule has 38 heavy (non-hydrogen) atoms. The zero-order valence-electron chi connectivity index (χ0n) is 23.1. The average Bonchev–Trinajstić information content (AvgIpc) is 3.18. The Morgan fingerprint density at radius 3 is 2.39 bits per heavy atom. The lowest BCUT2D eigenvalue weighted by Gasteiger charge is -2.35. The largest absolute Gasteiger partial charge is 0.478 e. The van der Waals surface area contributed by atoms with Crippen LogP contribution in [0.3, 0.4) is 0 Å². The highest BCUT2D eigenvalue weighted by atomic mass is 16.4. The van der Waals surface area contributed by atoms with Gasteiger partial charge in [-0.1, -0.05) is 44.4 Å². The first-order valence-corrected chi connectivity index (χ1v) is 14.7. The summed E-state index contributed by atoms with van der Waals surface area (Å²) >= 11 is 0. The van der Waals surface area contributed by atoms with Crippen molar-refractivity contribution in [2.75, 3.05) is 57.3 Å². The van der Waals surface area contributed by atoms with Gasteiger partial charge in [0, 0.05) is 74.5 Å². The lowest BCUT2D eigenvalue weighted by Crippen LogP contribution is -2.48. The Kier molecular flexibility index (Phi) is 7.19. The maximum atomic E-state index is 11.9. The van der Waals surface area contributed by atoms with Gasteiger partial charge < -0.3 is 19.5 Å². The fourth-order valence-electron chi connectivity index (χ4n) is 7.10. The number of hydrogen-bond acceptors (Lipinski definition) is 4. The number of carbonyl (C=O) groups is 1. The molecule has 6 nitrogen and oxygen atoms in total. The van der Waals surface area contributed by atoms with Crippen LogP contribution in [0.5, 0.6) is 0 Å². The molecule has 3 heterocycles. The van der Waals surface area contributed by atoms with Gasteiger partial charge in [-0.25, -0.2) is 4.79 Å². The number of nitrogens with zero attached hydrogens (tertiary/aromatic N) is 4.